The third-order valence-corrected chi connectivity index (χ3v) is 12.4. The van der Waals surface area contributed by atoms with Crippen LogP contribution in [0.5, 0.6) is 0 Å². The van der Waals surface area contributed by atoms with Crippen LogP contribution in [0.1, 0.15) is 25.0 Å². The van der Waals surface area contributed by atoms with E-state index in [0.29, 0.717) is 0 Å². The fraction of sp³-hybridized carbons (Fsp3) is 0.0526. The Balaban J connectivity index is 1.24. The second-order valence-corrected chi connectivity index (χ2v) is 16.1. The van der Waals surface area contributed by atoms with E-state index < -0.39 is 0 Å². The first-order chi connectivity index (χ1) is 28.5. The first-order valence-corrected chi connectivity index (χ1v) is 20.3. The van der Waals surface area contributed by atoms with Crippen LogP contribution in [0.3, 0.4) is 0 Å². The average molecular weight is 740 g/mol. The molecule has 10 aromatic rings. The molecule has 11 rings (SSSR count). The van der Waals surface area contributed by atoms with Crippen LogP contribution in [0.4, 0.5) is 17.1 Å². The van der Waals surface area contributed by atoms with Crippen molar-refractivity contribution < 1.29 is 0 Å². The molecule has 0 bridgehead atoms. The summed E-state index contributed by atoms with van der Waals surface area (Å²) in [6.07, 6.45) is 0. The summed E-state index contributed by atoms with van der Waals surface area (Å²) in [6.45, 7) is 4.74. The lowest BCUT2D eigenvalue weighted by Crippen LogP contribution is -2.17. The number of nitrogens with zero attached hydrogens (tertiary/aromatic N) is 1. The Morgan fingerprint density at radius 3 is 1.69 bits per heavy atom. The maximum atomic E-state index is 2.52. The smallest absolute Gasteiger partial charge is 0.0546 e. The van der Waals surface area contributed by atoms with Gasteiger partial charge in [0.15, 0.2) is 0 Å². The summed E-state index contributed by atoms with van der Waals surface area (Å²) >= 11 is 0. The van der Waals surface area contributed by atoms with Gasteiger partial charge >= 0.3 is 0 Å². The van der Waals surface area contributed by atoms with Gasteiger partial charge in [-0.2, -0.15) is 0 Å². The summed E-state index contributed by atoms with van der Waals surface area (Å²) in [7, 11) is 0. The Labute approximate surface area is 340 Å². The van der Waals surface area contributed by atoms with E-state index in [0.717, 1.165) is 17.1 Å². The third-order valence-electron chi connectivity index (χ3n) is 12.4. The second kappa shape index (κ2) is 13.5. The van der Waals surface area contributed by atoms with Crippen LogP contribution >= 0.6 is 0 Å². The number of hydrogen-bond acceptors (Lipinski definition) is 1. The van der Waals surface area contributed by atoms with Crippen LogP contribution in [0.15, 0.2) is 212 Å². The fourth-order valence-corrected chi connectivity index (χ4v) is 9.68. The Morgan fingerprint density at radius 2 is 0.914 bits per heavy atom. The topological polar surface area (TPSA) is 3.24 Å². The molecule has 0 aromatic heterocycles. The van der Waals surface area contributed by atoms with Gasteiger partial charge in [0.25, 0.3) is 0 Å². The largest absolute Gasteiger partial charge is 0.310 e. The molecule has 0 atom stereocenters. The minimum Gasteiger partial charge on any atom is -0.310 e. The number of hydrogen-bond donors (Lipinski definition) is 0. The van der Waals surface area contributed by atoms with Gasteiger partial charge in [-0.25, -0.2) is 0 Å². The van der Waals surface area contributed by atoms with Gasteiger partial charge in [0.1, 0.15) is 0 Å². The van der Waals surface area contributed by atoms with E-state index in [4.69, 9.17) is 0 Å². The summed E-state index contributed by atoms with van der Waals surface area (Å²) in [5.41, 5.74) is 15.8. The van der Waals surface area contributed by atoms with Crippen LogP contribution in [0, 0.1) is 0 Å². The summed E-state index contributed by atoms with van der Waals surface area (Å²) in [5.74, 6) is 0. The van der Waals surface area contributed by atoms with E-state index in [-0.39, 0.29) is 5.41 Å². The molecule has 274 valence electrons. The lowest BCUT2D eigenvalue weighted by Gasteiger charge is -2.31. The zero-order valence-corrected chi connectivity index (χ0v) is 32.7. The van der Waals surface area contributed by atoms with Crippen molar-refractivity contribution in [2.45, 2.75) is 19.3 Å². The van der Waals surface area contributed by atoms with Crippen molar-refractivity contribution in [2.75, 3.05) is 4.90 Å². The van der Waals surface area contributed by atoms with Crippen LogP contribution in [0.2, 0.25) is 0 Å². The Morgan fingerprint density at radius 1 is 0.328 bits per heavy atom. The maximum absolute atomic E-state index is 2.52. The van der Waals surface area contributed by atoms with Gasteiger partial charge in [-0.1, -0.05) is 190 Å². The highest BCUT2D eigenvalue weighted by molar-refractivity contribution is 6.16. The second-order valence-electron chi connectivity index (χ2n) is 16.1. The van der Waals surface area contributed by atoms with Crippen LogP contribution in [-0.2, 0) is 5.41 Å². The number of benzene rings is 10. The Bertz CT molecular complexity index is 3190. The monoisotopic (exact) mass is 739 g/mol. The molecular weight excluding hydrogens is 699 g/mol. The van der Waals surface area contributed by atoms with Gasteiger partial charge in [-0.05, 0) is 119 Å². The molecule has 0 unspecified atom stereocenters. The van der Waals surface area contributed by atoms with Gasteiger partial charge in [-0.15, -0.1) is 0 Å². The van der Waals surface area contributed by atoms with Crippen LogP contribution in [-0.4, -0.2) is 0 Å². The highest BCUT2D eigenvalue weighted by Crippen LogP contribution is 2.53. The van der Waals surface area contributed by atoms with Gasteiger partial charge in [-0.3, -0.25) is 0 Å². The van der Waals surface area contributed by atoms with Crippen molar-refractivity contribution in [2.24, 2.45) is 0 Å². The molecule has 0 N–H and O–H groups in total. The first kappa shape index (κ1) is 34.1. The van der Waals surface area contributed by atoms with Gasteiger partial charge in [0.2, 0.25) is 0 Å². The van der Waals surface area contributed by atoms with E-state index in [1.165, 1.54) is 88.0 Å². The minimum absolute atomic E-state index is 0.152. The van der Waals surface area contributed by atoms with Gasteiger partial charge in [0, 0.05) is 22.4 Å². The summed E-state index contributed by atoms with van der Waals surface area (Å²) in [6, 6.07) is 78.4. The van der Waals surface area contributed by atoms with Gasteiger partial charge < -0.3 is 4.90 Å². The molecule has 1 aliphatic carbocycles. The number of anilines is 3. The zero-order valence-electron chi connectivity index (χ0n) is 32.7. The van der Waals surface area contributed by atoms with Crippen LogP contribution < -0.4 is 4.90 Å². The van der Waals surface area contributed by atoms with Crippen molar-refractivity contribution in [3.05, 3.63) is 223 Å². The molecule has 10 aromatic carbocycles. The molecule has 1 heteroatoms. The molecule has 0 fully saturated rings. The standard InChI is InChI=1S/C57H41N/c1-57(2)53-30-16-15-28-48(53)49-33-32-42(37-54(49)57)58(43-34-40-22-9-12-25-45(40)51(36-43)38-18-5-3-6-19-38)55-31-17-29-50(56(55)39-20-7-4-8-21-39)52-35-41-23-10-11-24-44(41)46-26-13-14-27-47(46)52/h3-37H,1-2H3. The quantitative estimate of drug-likeness (QED) is 0.154. The molecule has 58 heavy (non-hydrogen) atoms. The zero-order chi connectivity index (χ0) is 38.8. The lowest BCUT2D eigenvalue weighted by molar-refractivity contribution is 0.660. The van der Waals surface area contributed by atoms with Crippen molar-refractivity contribution in [3.63, 3.8) is 0 Å². The maximum Gasteiger partial charge on any atom is 0.0546 e. The molecule has 0 spiro atoms. The van der Waals surface area contributed by atoms with E-state index in [1.54, 1.807) is 0 Å². The normalized spacial score (nSPS) is 12.8. The van der Waals surface area contributed by atoms with Crippen molar-refractivity contribution in [1.29, 1.82) is 0 Å². The van der Waals surface area contributed by atoms with E-state index >= 15 is 0 Å². The lowest BCUT2D eigenvalue weighted by atomic mass is 9.82. The SMILES string of the molecule is CC1(C)c2ccccc2-c2ccc(N(c3cc(-c4ccccc4)c4ccccc4c3)c3cccc(-c4cc5ccccc5c5ccccc45)c3-c3ccccc3)cc21. The molecule has 0 heterocycles. The predicted octanol–water partition coefficient (Wildman–Crippen LogP) is 15.9. The first-order valence-electron chi connectivity index (χ1n) is 20.3. The van der Waals surface area contributed by atoms with Crippen molar-refractivity contribution >= 4 is 49.4 Å². The average Bonchev–Trinajstić information content (AvgIpc) is 3.51. The molecule has 0 amide bonds. The molecule has 1 nitrogen and oxygen atoms in total. The summed E-state index contributed by atoms with van der Waals surface area (Å²) in [4.78, 5) is 2.52. The van der Waals surface area contributed by atoms with Crippen molar-refractivity contribution in [3.8, 4) is 44.5 Å². The van der Waals surface area contributed by atoms with Gasteiger partial charge in [0.05, 0.1) is 5.69 Å². The molecular formula is C57H41N. The molecule has 0 saturated heterocycles. The van der Waals surface area contributed by atoms with Crippen molar-refractivity contribution in [1.82, 2.24) is 0 Å². The summed E-state index contributed by atoms with van der Waals surface area (Å²) in [5, 5.41) is 7.46. The fourth-order valence-electron chi connectivity index (χ4n) is 9.68. The molecule has 0 saturated carbocycles. The van der Waals surface area contributed by atoms with E-state index in [1.807, 2.05) is 0 Å². The minimum atomic E-state index is -0.152. The highest BCUT2D eigenvalue weighted by Gasteiger charge is 2.36. The molecule has 0 radical (unpaired) electrons. The third kappa shape index (κ3) is 5.39. The molecule has 0 aliphatic heterocycles. The highest BCUT2D eigenvalue weighted by atomic mass is 15.1. The number of rotatable bonds is 6. The van der Waals surface area contributed by atoms with Crippen LogP contribution in [0.25, 0.3) is 76.8 Å². The Hall–Kier alpha value is -7.22. The summed E-state index contributed by atoms with van der Waals surface area (Å²) < 4.78 is 0. The molecule has 1 aliphatic rings. The Kier molecular flexibility index (Phi) is 7.91. The number of fused-ring (bicyclic) bond motifs is 7. The van der Waals surface area contributed by atoms with E-state index in [9.17, 15) is 0 Å². The predicted molar refractivity (Wildman–Crippen MR) is 248 cm³/mol. The van der Waals surface area contributed by atoms with E-state index in [2.05, 4.69) is 231 Å².